The lowest BCUT2D eigenvalue weighted by Gasteiger charge is -2.40. The molecule has 1 aromatic heterocycles. The van der Waals surface area contributed by atoms with Gasteiger partial charge in [-0.2, -0.15) is 18.0 Å². The van der Waals surface area contributed by atoms with E-state index in [4.69, 9.17) is 4.74 Å². The Morgan fingerprint density at radius 2 is 1.75 bits per heavy atom. The van der Waals surface area contributed by atoms with Gasteiger partial charge in [0, 0.05) is 44.8 Å². The molecule has 4 heterocycles. The van der Waals surface area contributed by atoms with Crippen molar-refractivity contribution >= 4 is 50.2 Å². The first-order chi connectivity index (χ1) is 31.1. The van der Waals surface area contributed by atoms with Crippen LogP contribution in [0.4, 0.5) is 24.5 Å². The number of hydrogen-bond donors (Lipinski definition) is 3. The van der Waals surface area contributed by atoms with Crippen molar-refractivity contribution in [3.63, 3.8) is 0 Å². The number of benzene rings is 3. The van der Waals surface area contributed by atoms with E-state index in [1.165, 1.54) is 30.1 Å². The number of ether oxygens (including phenoxy) is 1. The lowest BCUT2D eigenvalue weighted by atomic mass is 9.77. The third kappa shape index (κ3) is 9.40. The van der Waals surface area contributed by atoms with E-state index in [2.05, 4.69) is 25.2 Å². The fraction of sp³-hybridized carbons (Fsp3) is 0.467. The van der Waals surface area contributed by atoms with Crippen LogP contribution in [0, 0.1) is 34.2 Å². The predicted octanol–water partition coefficient (Wildman–Crippen LogP) is 5.52. The molecule has 8 rings (SSSR count). The van der Waals surface area contributed by atoms with Crippen LogP contribution in [-0.4, -0.2) is 102 Å². The van der Waals surface area contributed by atoms with E-state index in [-0.39, 0.29) is 71.1 Å². The van der Waals surface area contributed by atoms with E-state index in [0.29, 0.717) is 69.5 Å². The number of rotatable bonds is 12. The molecule has 3 amide bonds. The molecule has 4 fully saturated rings. The molecular weight excluding hydrogens is 868 g/mol. The van der Waals surface area contributed by atoms with Crippen LogP contribution in [0.2, 0.25) is 0 Å². The van der Waals surface area contributed by atoms with Gasteiger partial charge in [0.2, 0.25) is 17.7 Å². The zero-order valence-corrected chi connectivity index (χ0v) is 36.9. The van der Waals surface area contributed by atoms with Crippen LogP contribution in [-0.2, 0) is 24.6 Å². The van der Waals surface area contributed by atoms with Gasteiger partial charge in [-0.05, 0) is 118 Å². The van der Waals surface area contributed by atoms with E-state index in [1.54, 1.807) is 25.1 Å². The summed E-state index contributed by atoms with van der Waals surface area (Å²) < 4.78 is 82.2. The topological polar surface area (TPSA) is 199 Å². The first kappa shape index (κ1) is 45.5. The van der Waals surface area contributed by atoms with Gasteiger partial charge < -0.3 is 15.0 Å². The molecule has 2 atom stereocenters. The number of carbonyl (C=O) groups excluding carboxylic acids is 3. The molecule has 20 heteroatoms. The molecule has 16 nitrogen and oxygen atoms in total. The maximum atomic E-state index is 16.2. The average molecular weight is 918 g/mol. The highest BCUT2D eigenvalue weighted by atomic mass is 32.2. The summed E-state index contributed by atoms with van der Waals surface area (Å²) in [5.74, 6) is -4.52. The number of nitrogens with one attached hydrogen (secondary N) is 3. The van der Waals surface area contributed by atoms with Gasteiger partial charge in [0.25, 0.3) is 5.56 Å². The van der Waals surface area contributed by atoms with Crippen molar-refractivity contribution in [1.82, 2.24) is 29.0 Å². The second kappa shape index (κ2) is 18.4. The lowest BCUT2D eigenvalue weighted by molar-refractivity contribution is -0.135. The van der Waals surface area contributed by atoms with E-state index in [9.17, 15) is 32.9 Å². The Hall–Kier alpha value is -6.04. The molecule has 3 aromatic carbocycles. The Balaban J connectivity index is 0.862. The van der Waals surface area contributed by atoms with Crippen molar-refractivity contribution in [3.05, 3.63) is 87.7 Å². The SMILES string of the molecule is CCN(C)S(=O)(=O)Nc1ccc(F)c(Oc2ccc3ncn(C4CCC5(CCN(C(=O)CN6CCC(c7ccc(NC8CCC(=O)NC8=O)cc7F)CC6)CC5)C4)c(=O)c3c2F)c1C#N. The van der Waals surface area contributed by atoms with Crippen LogP contribution in [0.3, 0.4) is 0 Å². The Labute approximate surface area is 373 Å². The number of aromatic nitrogens is 2. The zero-order chi connectivity index (χ0) is 46.2. The summed E-state index contributed by atoms with van der Waals surface area (Å²) in [5.41, 5.74) is -0.456. The Kier molecular flexibility index (Phi) is 12.9. The van der Waals surface area contributed by atoms with Gasteiger partial charge in [-0.1, -0.05) is 13.0 Å². The number of imide groups is 1. The summed E-state index contributed by atoms with van der Waals surface area (Å²) in [5, 5.41) is 14.8. The number of amides is 3. The molecule has 1 spiro atoms. The van der Waals surface area contributed by atoms with Crippen LogP contribution in [0.1, 0.15) is 87.8 Å². The van der Waals surface area contributed by atoms with Crippen LogP contribution in [0.5, 0.6) is 11.5 Å². The summed E-state index contributed by atoms with van der Waals surface area (Å²) in [6, 6.07) is 10.2. The minimum absolute atomic E-state index is 0.0103. The molecule has 2 unspecified atom stereocenters. The Morgan fingerprint density at radius 1 is 1.00 bits per heavy atom. The first-order valence-electron chi connectivity index (χ1n) is 21.8. The number of anilines is 2. The van der Waals surface area contributed by atoms with Crippen molar-refractivity contribution in [2.45, 2.75) is 82.7 Å². The molecule has 1 aliphatic carbocycles. The van der Waals surface area contributed by atoms with Crippen LogP contribution >= 0.6 is 0 Å². The number of nitriles is 1. The zero-order valence-electron chi connectivity index (χ0n) is 36.0. The molecule has 4 aromatic rings. The van der Waals surface area contributed by atoms with Gasteiger partial charge in [-0.15, -0.1) is 0 Å². The molecule has 1 saturated carbocycles. The quantitative estimate of drug-likeness (QED) is 0.151. The molecule has 344 valence electrons. The highest BCUT2D eigenvalue weighted by Crippen LogP contribution is 2.50. The van der Waals surface area contributed by atoms with Crippen LogP contribution in [0.25, 0.3) is 10.9 Å². The summed E-state index contributed by atoms with van der Waals surface area (Å²) in [6.07, 6.45) is 6.89. The third-order valence-electron chi connectivity index (χ3n) is 13.6. The number of hydrogen-bond acceptors (Lipinski definition) is 11. The second-order valence-electron chi connectivity index (χ2n) is 17.5. The highest BCUT2D eigenvalue weighted by Gasteiger charge is 2.43. The normalized spacial score (nSPS) is 20.5. The van der Waals surface area contributed by atoms with Gasteiger partial charge in [0.05, 0.1) is 24.1 Å². The molecule has 4 aliphatic rings. The molecule has 0 radical (unpaired) electrons. The van der Waals surface area contributed by atoms with E-state index in [0.717, 1.165) is 41.8 Å². The molecule has 3 N–H and O–H groups in total. The minimum Gasteiger partial charge on any atom is -0.450 e. The first-order valence-corrected chi connectivity index (χ1v) is 23.3. The van der Waals surface area contributed by atoms with Crippen molar-refractivity contribution in [3.8, 4) is 17.6 Å². The molecular formula is C45H50F3N9O7S. The molecule has 65 heavy (non-hydrogen) atoms. The fourth-order valence-corrected chi connectivity index (χ4v) is 10.6. The molecule has 0 bridgehead atoms. The smallest absolute Gasteiger partial charge is 0.301 e. The number of carbonyl (C=O) groups is 3. The highest BCUT2D eigenvalue weighted by molar-refractivity contribution is 7.90. The number of piperidine rings is 3. The fourth-order valence-electron chi connectivity index (χ4n) is 9.63. The van der Waals surface area contributed by atoms with Crippen LogP contribution < -0.4 is 25.7 Å². The van der Waals surface area contributed by atoms with Gasteiger partial charge in [0.1, 0.15) is 28.9 Å². The standard InChI is InChI=1S/C45H50F3N9O7S/c1-3-54(2)65(62,63)53-34-7-6-32(46)42(31(34)24-49)64-37-10-8-35-40(41(37)48)44(61)57(26-50-35)29-12-15-45(23-29)16-20-56(21-17-45)39(59)25-55-18-13-27(14-19-55)30-5-4-28(22-33(30)47)51-36-9-11-38(58)52-43(36)60/h4-8,10,22,26-27,29,36,51,53H,3,9,11-21,23,25H2,1-2H3,(H,52,58,60). The number of likely N-dealkylation sites (tertiary alicyclic amines) is 2. The van der Waals surface area contributed by atoms with Crippen molar-refractivity contribution in [2.75, 3.05) is 56.4 Å². The third-order valence-corrected chi connectivity index (χ3v) is 15.2. The summed E-state index contributed by atoms with van der Waals surface area (Å²) in [4.78, 5) is 59.4. The van der Waals surface area contributed by atoms with Crippen LogP contribution in [0.15, 0.2) is 53.6 Å². The Bertz CT molecular complexity index is 2750. The van der Waals surface area contributed by atoms with Crippen molar-refractivity contribution < 1.29 is 40.7 Å². The van der Waals surface area contributed by atoms with Gasteiger partial charge >= 0.3 is 10.2 Å². The summed E-state index contributed by atoms with van der Waals surface area (Å²) in [7, 11) is -2.79. The maximum Gasteiger partial charge on any atom is 0.301 e. The van der Waals surface area contributed by atoms with Crippen molar-refractivity contribution in [2.24, 2.45) is 5.41 Å². The lowest BCUT2D eigenvalue weighted by Crippen LogP contribution is -2.47. The van der Waals surface area contributed by atoms with Crippen molar-refractivity contribution in [1.29, 1.82) is 5.26 Å². The molecule has 3 aliphatic heterocycles. The van der Waals surface area contributed by atoms with Gasteiger partial charge in [0.15, 0.2) is 23.1 Å². The summed E-state index contributed by atoms with van der Waals surface area (Å²) >= 11 is 0. The minimum atomic E-state index is -4.11. The van der Waals surface area contributed by atoms with E-state index in [1.807, 2.05) is 4.90 Å². The Morgan fingerprint density at radius 3 is 2.45 bits per heavy atom. The summed E-state index contributed by atoms with van der Waals surface area (Å²) in [6.45, 7) is 4.38. The number of halogens is 3. The average Bonchev–Trinajstić information content (AvgIpc) is 3.69. The number of nitrogens with zero attached hydrogens (tertiary/aromatic N) is 6. The maximum absolute atomic E-state index is 16.2. The largest absolute Gasteiger partial charge is 0.450 e. The number of fused-ring (bicyclic) bond motifs is 1. The second-order valence-corrected chi connectivity index (χ2v) is 19.3. The van der Waals surface area contributed by atoms with Gasteiger partial charge in [-0.3, -0.25) is 38.7 Å². The predicted molar refractivity (Wildman–Crippen MR) is 234 cm³/mol. The monoisotopic (exact) mass is 917 g/mol. The molecule has 3 saturated heterocycles. The van der Waals surface area contributed by atoms with E-state index < -0.39 is 56.4 Å². The van der Waals surface area contributed by atoms with Gasteiger partial charge in [-0.25, -0.2) is 18.2 Å². The van der Waals surface area contributed by atoms with E-state index >= 15 is 13.2 Å².